The number of nitro groups is 1. The zero-order valence-electron chi connectivity index (χ0n) is 11.0. The Balaban J connectivity index is 2.06. The highest BCUT2D eigenvalue weighted by molar-refractivity contribution is 9.10. The lowest BCUT2D eigenvalue weighted by atomic mass is 10.1. The van der Waals surface area contributed by atoms with Crippen molar-refractivity contribution in [2.24, 2.45) is 0 Å². The first-order valence-corrected chi connectivity index (χ1v) is 7.08. The molecule has 0 aromatic heterocycles. The molecule has 2 aromatic rings. The van der Waals surface area contributed by atoms with Gasteiger partial charge in [-0.2, -0.15) is 0 Å². The van der Waals surface area contributed by atoms with Crippen LogP contribution in [-0.2, 0) is 6.54 Å². The summed E-state index contributed by atoms with van der Waals surface area (Å²) in [6, 6.07) is 15.3. The average Bonchev–Trinajstić information content (AvgIpc) is 2.45. The molecule has 0 aliphatic rings. The first-order chi connectivity index (χ1) is 9.56. The van der Waals surface area contributed by atoms with Crippen molar-refractivity contribution in [3.05, 3.63) is 74.2 Å². The van der Waals surface area contributed by atoms with Gasteiger partial charge in [0.1, 0.15) is 0 Å². The van der Waals surface area contributed by atoms with Crippen LogP contribution >= 0.6 is 15.9 Å². The monoisotopic (exact) mass is 334 g/mol. The number of halogens is 1. The van der Waals surface area contributed by atoms with Crippen LogP contribution in [-0.4, -0.2) is 4.92 Å². The van der Waals surface area contributed by atoms with E-state index in [9.17, 15) is 10.1 Å². The Morgan fingerprint density at radius 1 is 1.25 bits per heavy atom. The van der Waals surface area contributed by atoms with E-state index in [2.05, 4.69) is 40.3 Å². The van der Waals surface area contributed by atoms with Gasteiger partial charge in [0.2, 0.25) is 0 Å². The number of hydrogen-bond donors (Lipinski definition) is 1. The molecule has 0 amide bonds. The molecule has 0 aliphatic heterocycles. The van der Waals surface area contributed by atoms with Crippen LogP contribution in [0.1, 0.15) is 24.1 Å². The minimum Gasteiger partial charge on any atom is -0.306 e. The third-order valence-corrected chi connectivity index (χ3v) is 3.52. The summed E-state index contributed by atoms with van der Waals surface area (Å²) in [4.78, 5) is 10.4. The molecule has 0 heterocycles. The lowest BCUT2D eigenvalue weighted by Gasteiger charge is -2.14. The fourth-order valence-corrected chi connectivity index (χ4v) is 2.50. The Morgan fingerprint density at radius 2 is 1.95 bits per heavy atom. The van der Waals surface area contributed by atoms with E-state index in [1.165, 1.54) is 11.6 Å². The van der Waals surface area contributed by atoms with Gasteiger partial charge in [-0.1, -0.05) is 46.3 Å². The highest BCUT2D eigenvalue weighted by Crippen LogP contribution is 2.22. The number of nitrogens with zero attached hydrogens (tertiary/aromatic N) is 1. The van der Waals surface area contributed by atoms with Crippen molar-refractivity contribution < 1.29 is 4.92 Å². The number of hydrogen-bond acceptors (Lipinski definition) is 3. The summed E-state index contributed by atoms with van der Waals surface area (Å²) in [5, 5.41) is 14.2. The molecular formula is C15H15BrN2O2. The van der Waals surface area contributed by atoms with E-state index in [1.54, 1.807) is 6.07 Å². The quantitative estimate of drug-likeness (QED) is 0.658. The van der Waals surface area contributed by atoms with E-state index in [0.717, 1.165) is 10.0 Å². The number of nitro benzene ring substituents is 1. The van der Waals surface area contributed by atoms with Crippen LogP contribution in [0.3, 0.4) is 0 Å². The van der Waals surface area contributed by atoms with Gasteiger partial charge in [0, 0.05) is 29.2 Å². The largest absolute Gasteiger partial charge is 0.306 e. The molecule has 0 fully saturated rings. The molecule has 1 N–H and O–H groups in total. The molecule has 2 rings (SSSR count). The molecule has 5 heteroatoms. The highest BCUT2D eigenvalue weighted by atomic mass is 79.9. The van der Waals surface area contributed by atoms with E-state index in [0.29, 0.717) is 6.54 Å². The lowest BCUT2D eigenvalue weighted by Crippen LogP contribution is -2.18. The average molecular weight is 335 g/mol. The zero-order chi connectivity index (χ0) is 14.5. The summed E-state index contributed by atoms with van der Waals surface area (Å²) in [6.45, 7) is 2.65. The summed E-state index contributed by atoms with van der Waals surface area (Å²) in [5.74, 6) is 0. The van der Waals surface area contributed by atoms with Crippen molar-refractivity contribution in [3.8, 4) is 0 Å². The molecule has 0 saturated carbocycles. The van der Waals surface area contributed by atoms with E-state index >= 15 is 0 Å². The maximum atomic E-state index is 10.8. The van der Waals surface area contributed by atoms with Crippen molar-refractivity contribution in [3.63, 3.8) is 0 Å². The molecule has 0 spiro atoms. The van der Waals surface area contributed by atoms with Crippen LogP contribution in [0.5, 0.6) is 0 Å². The predicted octanol–water partition coefficient (Wildman–Crippen LogP) is 4.21. The van der Waals surface area contributed by atoms with Crippen LogP contribution in [0.25, 0.3) is 0 Å². The third-order valence-electron chi connectivity index (χ3n) is 3.07. The normalized spacial score (nSPS) is 12.1. The standard InChI is InChI=1S/C15H15BrN2O2/c1-11(13-5-3-2-4-6-13)17-10-12-7-14(16)9-15(8-12)18(19)20/h2-9,11,17H,10H2,1H3/t11-/m0/s1. The minimum atomic E-state index is -0.380. The Labute approximate surface area is 126 Å². The van der Waals surface area contributed by atoms with Crippen LogP contribution < -0.4 is 5.32 Å². The summed E-state index contributed by atoms with van der Waals surface area (Å²) in [5.41, 5.74) is 2.18. The fourth-order valence-electron chi connectivity index (χ4n) is 1.97. The van der Waals surface area contributed by atoms with Crippen LogP contribution in [0, 0.1) is 10.1 Å². The summed E-state index contributed by atoms with van der Waals surface area (Å²) in [6.07, 6.45) is 0. The molecular weight excluding hydrogens is 320 g/mol. The van der Waals surface area contributed by atoms with Gasteiger partial charge in [0.15, 0.2) is 0 Å². The molecule has 0 bridgehead atoms. The smallest absolute Gasteiger partial charge is 0.270 e. The lowest BCUT2D eigenvalue weighted by molar-refractivity contribution is -0.385. The maximum Gasteiger partial charge on any atom is 0.270 e. The molecule has 0 saturated heterocycles. The van der Waals surface area contributed by atoms with Crippen molar-refractivity contribution in [1.29, 1.82) is 0 Å². The molecule has 0 radical (unpaired) electrons. The topological polar surface area (TPSA) is 55.2 Å². The number of benzene rings is 2. The van der Waals surface area contributed by atoms with Gasteiger partial charge in [-0.15, -0.1) is 0 Å². The minimum absolute atomic E-state index is 0.100. The van der Waals surface area contributed by atoms with Gasteiger partial charge in [-0.25, -0.2) is 0 Å². The molecule has 0 unspecified atom stereocenters. The van der Waals surface area contributed by atoms with Crippen molar-refractivity contribution in [2.45, 2.75) is 19.5 Å². The van der Waals surface area contributed by atoms with E-state index < -0.39 is 0 Å². The van der Waals surface area contributed by atoms with Gasteiger partial charge in [0.25, 0.3) is 5.69 Å². The van der Waals surface area contributed by atoms with Gasteiger partial charge in [-0.05, 0) is 24.1 Å². The molecule has 104 valence electrons. The second-order valence-corrected chi connectivity index (χ2v) is 5.50. The Kier molecular flexibility index (Phi) is 4.87. The Morgan fingerprint density at radius 3 is 2.60 bits per heavy atom. The zero-order valence-corrected chi connectivity index (χ0v) is 12.6. The summed E-state index contributed by atoms with van der Waals surface area (Å²) < 4.78 is 0.718. The van der Waals surface area contributed by atoms with Gasteiger partial charge in [-0.3, -0.25) is 10.1 Å². The molecule has 0 aliphatic carbocycles. The highest BCUT2D eigenvalue weighted by Gasteiger charge is 2.10. The SMILES string of the molecule is C[C@H](NCc1cc(Br)cc([N+](=O)[O-])c1)c1ccccc1. The summed E-state index contributed by atoms with van der Waals surface area (Å²) in [7, 11) is 0. The number of nitrogens with one attached hydrogen (secondary N) is 1. The van der Waals surface area contributed by atoms with Gasteiger partial charge in [0.05, 0.1) is 4.92 Å². The Bertz CT molecular complexity index is 602. The van der Waals surface area contributed by atoms with Gasteiger partial charge >= 0.3 is 0 Å². The van der Waals surface area contributed by atoms with E-state index in [1.807, 2.05) is 24.3 Å². The van der Waals surface area contributed by atoms with Crippen LogP contribution in [0.2, 0.25) is 0 Å². The number of non-ortho nitro benzene ring substituents is 1. The molecule has 4 nitrogen and oxygen atoms in total. The Hall–Kier alpha value is -1.72. The summed E-state index contributed by atoms with van der Waals surface area (Å²) >= 11 is 3.30. The van der Waals surface area contributed by atoms with Crippen LogP contribution in [0.15, 0.2) is 53.0 Å². The van der Waals surface area contributed by atoms with E-state index in [4.69, 9.17) is 0 Å². The van der Waals surface area contributed by atoms with Crippen molar-refractivity contribution >= 4 is 21.6 Å². The maximum absolute atomic E-state index is 10.8. The van der Waals surface area contributed by atoms with E-state index in [-0.39, 0.29) is 16.7 Å². The molecule has 1 atom stereocenters. The second kappa shape index (κ2) is 6.63. The van der Waals surface area contributed by atoms with Crippen molar-refractivity contribution in [2.75, 3.05) is 0 Å². The second-order valence-electron chi connectivity index (χ2n) is 4.59. The fraction of sp³-hybridized carbons (Fsp3) is 0.200. The number of rotatable bonds is 5. The first kappa shape index (κ1) is 14.7. The molecule has 20 heavy (non-hydrogen) atoms. The first-order valence-electron chi connectivity index (χ1n) is 6.28. The van der Waals surface area contributed by atoms with Crippen molar-refractivity contribution in [1.82, 2.24) is 5.32 Å². The predicted molar refractivity (Wildman–Crippen MR) is 82.5 cm³/mol. The molecule has 2 aromatic carbocycles. The third kappa shape index (κ3) is 3.88. The van der Waals surface area contributed by atoms with Crippen LogP contribution in [0.4, 0.5) is 5.69 Å². The van der Waals surface area contributed by atoms with Gasteiger partial charge < -0.3 is 5.32 Å².